The number of ketones is 1. The first kappa shape index (κ1) is 16.0. The minimum absolute atomic E-state index is 0.0767. The summed E-state index contributed by atoms with van der Waals surface area (Å²) in [4.78, 5) is 33.6. The number of rotatable bonds is 5. The zero-order valence-corrected chi connectivity index (χ0v) is 12.0. The van der Waals surface area contributed by atoms with Gasteiger partial charge in [0.15, 0.2) is 5.78 Å². The van der Waals surface area contributed by atoms with Gasteiger partial charge in [-0.05, 0) is 13.0 Å². The van der Waals surface area contributed by atoms with Gasteiger partial charge in [-0.2, -0.15) is 0 Å². The van der Waals surface area contributed by atoms with Crippen molar-refractivity contribution < 1.29 is 23.9 Å². The Morgan fingerprint density at radius 3 is 2.40 bits per heavy atom. The number of amides is 1. The zero-order chi connectivity index (χ0) is 15.3. The van der Waals surface area contributed by atoms with Crippen LogP contribution in [-0.4, -0.2) is 31.4 Å². The average molecular weight is 300 g/mol. The lowest BCUT2D eigenvalue weighted by molar-refractivity contribution is -0.120. The van der Waals surface area contributed by atoms with E-state index < -0.39 is 5.97 Å². The third kappa shape index (κ3) is 4.24. The number of Topliss-reactive ketones (excluding diaryl/α,β-unsaturated/α-hetero) is 1. The van der Waals surface area contributed by atoms with E-state index >= 15 is 0 Å². The molecule has 0 bridgehead atoms. The Kier molecular flexibility index (Phi) is 5.52. The van der Waals surface area contributed by atoms with Gasteiger partial charge in [-0.15, -0.1) is 0 Å². The fourth-order valence-electron chi connectivity index (χ4n) is 1.41. The predicted molar refractivity (Wildman–Crippen MR) is 73.3 cm³/mol. The van der Waals surface area contributed by atoms with E-state index in [0.717, 1.165) is 0 Å². The molecule has 0 radical (unpaired) electrons. The third-order valence-electron chi connectivity index (χ3n) is 2.23. The van der Waals surface area contributed by atoms with Gasteiger partial charge in [-0.25, -0.2) is 4.79 Å². The Hall–Kier alpha value is -2.08. The fraction of sp³-hybridized carbons (Fsp3) is 0.308. The van der Waals surface area contributed by atoms with Crippen LogP contribution in [0.1, 0.15) is 24.2 Å². The fourth-order valence-corrected chi connectivity index (χ4v) is 1.62. The number of esters is 1. The number of benzene rings is 1. The largest absolute Gasteiger partial charge is 0.496 e. The maximum Gasteiger partial charge on any atom is 0.342 e. The Labute approximate surface area is 121 Å². The normalized spacial score (nSPS) is 9.80. The van der Waals surface area contributed by atoms with Crippen LogP contribution < -0.4 is 10.1 Å². The van der Waals surface area contributed by atoms with Gasteiger partial charge in [0.1, 0.15) is 17.9 Å². The van der Waals surface area contributed by atoms with Crippen molar-refractivity contribution in [2.75, 3.05) is 19.0 Å². The minimum atomic E-state index is -0.728. The number of carbonyl (C=O) groups excluding carboxylic acids is 3. The van der Waals surface area contributed by atoms with E-state index in [0.29, 0.717) is 5.69 Å². The summed E-state index contributed by atoms with van der Waals surface area (Å²) < 4.78 is 9.85. The summed E-state index contributed by atoms with van der Waals surface area (Å²) in [6.45, 7) is 2.31. The van der Waals surface area contributed by atoms with E-state index in [1.54, 1.807) is 0 Å². The summed E-state index contributed by atoms with van der Waals surface area (Å²) in [6.07, 6.45) is 0. The van der Waals surface area contributed by atoms with Crippen molar-refractivity contribution in [3.63, 3.8) is 0 Å². The van der Waals surface area contributed by atoms with Crippen molar-refractivity contribution in [3.8, 4) is 5.75 Å². The standard InChI is InChI=1S/C13H14ClNO5/c1-7(16)6-20-13(18)9-4-10(14)11(15-8(2)17)5-12(9)19-3/h4-5H,6H2,1-3H3,(H,15,17). The molecule has 1 amide bonds. The topological polar surface area (TPSA) is 81.7 Å². The molecule has 0 aliphatic rings. The van der Waals surface area contributed by atoms with E-state index in [1.807, 2.05) is 0 Å². The van der Waals surface area contributed by atoms with Gasteiger partial charge < -0.3 is 14.8 Å². The molecule has 7 heteroatoms. The molecule has 1 rings (SSSR count). The van der Waals surface area contributed by atoms with Gasteiger partial charge >= 0.3 is 5.97 Å². The highest BCUT2D eigenvalue weighted by Crippen LogP contribution is 2.31. The van der Waals surface area contributed by atoms with Gasteiger partial charge in [-0.1, -0.05) is 11.6 Å². The monoisotopic (exact) mass is 299 g/mol. The molecule has 6 nitrogen and oxygen atoms in total. The van der Waals surface area contributed by atoms with E-state index in [-0.39, 0.29) is 34.6 Å². The van der Waals surface area contributed by atoms with Crippen molar-refractivity contribution in [1.29, 1.82) is 0 Å². The van der Waals surface area contributed by atoms with Crippen LogP contribution >= 0.6 is 11.6 Å². The van der Waals surface area contributed by atoms with Crippen LogP contribution in [0.25, 0.3) is 0 Å². The van der Waals surface area contributed by atoms with Crippen molar-refractivity contribution >= 4 is 34.9 Å². The number of ether oxygens (including phenoxy) is 2. The van der Waals surface area contributed by atoms with Gasteiger partial charge in [0, 0.05) is 13.0 Å². The Morgan fingerprint density at radius 2 is 1.90 bits per heavy atom. The molecule has 108 valence electrons. The van der Waals surface area contributed by atoms with E-state index in [9.17, 15) is 14.4 Å². The summed E-state index contributed by atoms with van der Waals surface area (Å²) in [7, 11) is 1.36. The maximum absolute atomic E-state index is 11.8. The number of nitrogens with one attached hydrogen (secondary N) is 1. The average Bonchev–Trinajstić information content (AvgIpc) is 2.37. The van der Waals surface area contributed by atoms with Crippen LogP contribution in [0.2, 0.25) is 5.02 Å². The molecule has 0 aliphatic carbocycles. The quantitative estimate of drug-likeness (QED) is 0.842. The number of halogens is 1. The number of methoxy groups -OCH3 is 1. The molecule has 0 unspecified atom stereocenters. The van der Waals surface area contributed by atoms with Crippen LogP contribution in [0, 0.1) is 0 Å². The number of hydrogen-bond acceptors (Lipinski definition) is 5. The van der Waals surface area contributed by atoms with E-state index in [1.165, 1.54) is 33.1 Å². The van der Waals surface area contributed by atoms with E-state index in [2.05, 4.69) is 5.32 Å². The zero-order valence-electron chi connectivity index (χ0n) is 11.3. The lowest BCUT2D eigenvalue weighted by Gasteiger charge is -2.12. The predicted octanol–water partition coefficient (Wildman–Crippen LogP) is 2.05. The van der Waals surface area contributed by atoms with E-state index in [4.69, 9.17) is 21.1 Å². The molecule has 0 aliphatic heterocycles. The number of carbonyl (C=O) groups is 3. The smallest absolute Gasteiger partial charge is 0.342 e. The number of hydrogen-bond donors (Lipinski definition) is 1. The summed E-state index contributed by atoms with van der Waals surface area (Å²) in [5.74, 6) is -1.13. The summed E-state index contributed by atoms with van der Waals surface area (Å²) >= 11 is 5.96. The van der Waals surface area contributed by atoms with Crippen LogP contribution in [-0.2, 0) is 14.3 Å². The first-order valence-corrected chi connectivity index (χ1v) is 6.04. The summed E-state index contributed by atoms with van der Waals surface area (Å²) in [5.41, 5.74) is 0.395. The first-order valence-electron chi connectivity index (χ1n) is 5.66. The third-order valence-corrected chi connectivity index (χ3v) is 2.54. The highest BCUT2D eigenvalue weighted by atomic mass is 35.5. The van der Waals surface area contributed by atoms with Crippen LogP contribution in [0.4, 0.5) is 5.69 Å². The molecule has 0 saturated carbocycles. The van der Waals surface area contributed by atoms with Crippen LogP contribution in [0.3, 0.4) is 0 Å². The SMILES string of the molecule is COc1cc(NC(C)=O)c(Cl)cc1C(=O)OCC(C)=O. The highest BCUT2D eigenvalue weighted by Gasteiger charge is 2.18. The summed E-state index contributed by atoms with van der Waals surface area (Å²) in [6, 6.07) is 2.72. The Balaban J connectivity index is 3.07. The molecule has 1 aromatic rings. The second-order valence-corrected chi connectivity index (χ2v) is 4.40. The van der Waals surface area contributed by atoms with Gasteiger partial charge in [0.2, 0.25) is 5.91 Å². The first-order chi connectivity index (χ1) is 9.35. The van der Waals surface area contributed by atoms with Crippen LogP contribution in [0.15, 0.2) is 12.1 Å². The molecule has 20 heavy (non-hydrogen) atoms. The van der Waals surface area contributed by atoms with Gasteiger partial charge in [0.05, 0.1) is 17.8 Å². The molecule has 0 heterocycles. The van der Waals surface area contributed by atoms with Crippen molar-refractivity contribution in [2.45, 2.75) is 13.8 Å². The van der Waals surface area contributed by atoms with Crippen molar-refractivity contribution in [2.24, 2.45) is 0 Å². The minimum Gasteiger partial charge on any atom is -0.496 e. The van der Waals surface area contributed by atoms with Gasteiger partial charge in [0.25, 0.3) is 0 Å². The highest BCUT2D eigenvalue weighted by molar-refractivity contribution is 6.34. The van der Waals surface area contributed by atoms with Crippen LogP contribution in [0.5, 0.6) is 5.75 Å². The molecule has 0 saturated heterocycles. The Morgan fingerprint density at radius 1 is 1.25 bits per heavy atom. The molecular formula is C13H14ClNO5. The van der Waals surface area contributed by atoms with Crippen molar-refractivity contribution in [3.05, 3.63) is 22.7 Å². The molecule has 0 spiro atoms. The summed E-state index contributed by atoms with van der Waals surface area (Å²) in [5, 5.41) is 2.67. The molecule has 0 atom stereocenters. The second kappa shape index (κ2) is 6.91. The lowest BCUT2D eigenvalue weighted by Crippen LogP contribution is -2.13. The maximum atomic E-state index is 11.8. The second-order valence-electron chi connectivity index (χ2n) is 3.99. The lowest BCUT2D eigenvalue weighted by atomic mass is 10.1. The Bertz CT molecular complexity index is 556. The molecule has 1 N–H and O–H groups in total. The molecular weight excluding hydrogens is 286 g/mol. The van der Waals surface area contributed by atoms with Gasteiger partial charge in [-0.3, -0.25) is 9.59 Å². The number of anilines is 1. The van der Waals surface area contributed by atoms with Crippen molar-refractivity contribution in [1.82, 2.24) is 0 Å². The molecule has 0 aromatic heterocycles. The molecule has 0 fully saturated rings. The molecule has 1 aromatic carbocycles.